The molecule has 2 aliphatic rings. The summed E-state index contributed by atoms with van der Waals surface area (Å²) in [6.07, 6.45) is 5.69. The van der Waals surface area contributed by atoms with Crippen LogP contribution in [0.5, 0.6) is 0 Å². The number of esters is 1. The maximum Gasteiger partial charge on any atom is 0.308 e. The van der Waals surface area contributed by atoms with Gasteiger partial charge < -0.3 is 10.1 Å². The highest BCUT2D eigenvalue weighted by atomic mass is 16.5. The quantitative estimate of drug-likeness (QED) is 0.870. The van der Waals surface area contributed by atoms with Crippen LogP contribution in [0.25, 0.3) is 0 Å². The standard InChI is InChI=1S/C19H25NO3/c1-19(2)15-11-7-6-10-14(15)16(20-18(19)22)12-17(21)23-13-8-4-3-5-9-13/h6-7,10-11,13,16H,3-5,8-9,12H2,1-2H3,(H,20,22). The van der Waals surface area contributed by atoms with E-state index >= 15 is 0 Å². The Bertz CT molecular complexity index is 602. The van der Waals surface area contributed by atoms with E-state index in [4.69, 9.17) is 4.74 Å². The molecule has 4 nitrogen and oxygen atoms in total. The van der Waals surface area contributed by atoms with Crippen LogP contribution in [0.4, 0.5) is 0 Å². The monoisotopic (exact) mass is 315 g/mol. The van der Waals surface area contributed by atoms with Crippen molar-refractivity contribution in [2.75, 3.05) is 0 Å². The highest BCUT2D eigenvalue weighted by Gasteiger charge is 2.40. The maximum absolute atomic E-state index is 12.4. The molecule has 1 aromatic rings. The summed E-state index contributed by atoms with van der Waals surface area (Å²) in [7, 11) is 0. The van der Waals surface area contributed by atoms with Crippen molar-refractivity contribution in [2.45, 2.75) is 69.9 Å². The van der Waals surface area contributed by atoms with E-state index in [1.165, 1.54) is 6.42 Å². The van der Waals surface area contributed by atoms with E-state index in [-0.39, 0.29) is 30.4 Å². The van der Waals surface area contributed by atoms with Gasteiger partial charge in [-0.15, -0.1) is 0 Å². The van der Waals surface area contributed by atoms with Crippen molar-refractivity contribution in [3.8, 4) is 0 Å². The predicted octanol–water partition coefficient (Wildman–Crippen LogP) is 3.40. The normalized spacial score (nSPS) is 23.7. The molecule has 0 aromatic heterocycles. The maximum atomic E-state index is 12.4. The van der Waals surface area contributed by atoms with E-state index in [9.17, 15) is 9.59 Å². The number of benzene rings is 1. The summed E-state index contributed by atoms with van der Waals surface area (Å²) >= 11 is 0. The van der Waals surface area contributed by atoms with E-state index in [0.29, 0.717) is 0 Å². The number of carbonyl (C=O) groups is 2. The number of hydrogen-bond donors (Lipinski definition) is 1. The Hall–Kier alpha value is -1.84. The number of hydrogen-bond acceptors (Lipinski definition) is 3. The molecule has 3 rings (SSSR count). The van der Waals surface area contributed by atoms with Crippen molar-refractivity contribution in [1.29, 1.82) is 0 Å². The van der Waals surface area contributed by atoms with Crippen molar-refractivity contribution in [3.05, 3.63) is 35.4 Å². The Labute approximate surface area is 137 Å². The van der Waals surface area contributed by atoms with Crippen molar-refractivity contribution in [3.63, 3.8) is 0 Å². The zero-order valence-corrected chi connectivity index (χ0v) is 13.9. The zero-order chi connectivity index (χ0) is 16.4. The number of ether oxygens (including phenoxy) is 1. The molecule has 1 aliphatic carbocycles. The van der Waals surface area contributed by atoms with Gasteiger partial charge in [-0.1, -0.05) is 30.7 Å². The fourth-order valence-corrected chi connectivity index (χ4v) is 3.65. The molecule has 1 aromatic carbocycles. The van der Waals surface area contributed by atoms with E-state index in [1.54, 1.807) is 0 Å². The minimum Gasteiger partial charge on any atom is -0.462 e. The lowest BCUT2D eigenvalue weighted by Gasteiger charge is -2.36. The van der Waals surface area contributed by atoms with E-state index < -0.39 is 5.41 Å². The van der Waals surface area contributed by atoms with Gasteiger partial charge in [-0.3, -0.25) is 9.59 Å². The zero-order valence-electron chi connectivity index (χ0n) is 13.9. The van der Waals surface area contributed by atoms with E-state index in [0.717, 1.165) is 36.8 Å². The molecule has 0 spiro atoms. The van der Waals surface area contributed by atoms with Crippen LogP contribution in [-0.4, -0.2) is 18.0 Å². The Morgan fingerprint density at radius 1 is 1.22 bits per heavy atom. The Morgan fingerprint density at radius 3 is 2.65 bits per heavy atom. The van der Waals surface area contributed by atoms with Gasteiger partial charge in [0.05, 0.1) is 17.9 Å². The predicted molar refractivity (Wildman–Crippen MR) is 87.9 cm³/mol. The Kier molecular flexibility index (Phi) is 4.42. The van der Waals surface area contributed by atoms with Crippen LogP contribution in [0.2, 0.25) is 0 Å². The van der Waals surface area contributed by atoms with Crippen LogP contribution >= 0.6 is 0 Å². The molecule has 23 heavy (non-hydrogen) atoms. The first-order valence-corrected chi connectivity index (χ1v) is 8.58. The number of amides is 1. The second-order valence-corrected chi connectivity index (χ2v) is 7.19. The van der Waals surface area contributed by atoms with Gasteiger partial charge in [-0.05, 0) is 50.7 Å². The molecule has 1 unspecified atom stereocenters. The van der Waals surface area contributed by atoms with Gasteiger partial charge in [0.1, 0.15) is 6.10 Å². The van der Waals surface area contributed by atoms with Crippen molar-refractivity contribution >= 4 is 11.9 Å². The first kappa shape index (κ1) is 16.0. The summed E-state index contributed by atoms with van der Waals surface area (Å²) in [4.78, 5) is 24.7. The third-order valence-electron chi connectivity index (χ3n) is 5.10. The Morgan fingerprint density at radius 2 is 1.91 bits per heavy atom. The molecular weight excluding hydrogens is 290 g/mol. The number of rotatable bonds is 3. The molecule has 124 valence electrons. The summed E-state index contributed by atoms with van der Waals surface area (Å²) < 4.78 is 5.61. The molecule has 1 amide bonds. The van der Waals surface area contributed by atoms with E-state index in [1.807, 2.05) is 38.1 Å². The summed E-state index contributed by atoms with van der Waals surface area (Å²) in [5.41, 5.74) is 1.46. The van der Waals surface area contributed by atoms with Crippen LogP contribution < -0.4 is 5.32 Å². The molecule has 0 bridgehead atoms. The molecule has 4 heteroatoms. The topological polar surface area (TPSA) is 55.4 Å². The molecule has 1 atom stereocenters. The van der Waals surface area contributed by atoms with Crippen LogP contribution in [-0.2, 0) is 19.7 Å². The van der Waals surface area contributed by atoms with Gasteiger partial charge >= 0.3 is 5.97 Å². The van der Waals surface area contributed by atoms with Crippen LogP contribution in [0.3, 0.4) is 0 Å². The van der Waals surface area contributed by atoms with Crippen molar-refractivity contribution in [1.82, 2.24) is 5.32 Å². The second-order valence-electron chi connectivity index (χ2n) is 7.19. The van der Waals surface area contributed by atoms with Crippen LogP contribution in [0.15, 0.2) is 24.3 Å². The summed E-state index contributed by atoms with van der Waals surface area (Å²) in [6, 6.07) is 7.58. The van der Waals surface area contributed by atoms with Crippen molar-refractivity contribution in [2.24, 2.45) is 0 Å². The molecule has 1 heterocycles. The lowest BCUT2D eigenvalue weighted by Crippen LogP contribution is -2.48. The lowest BCUT2D eigenvalue weighted by molar-refractivity contribution is -0.151. The smallest absolute Gasteiger partial charge is 0.308 e. The van der Waals surface area contributed by atoms with Gasteiger partial charge in [0, 0.05) is 0 Å². The van der Waals surface area contributed by atoms with Gasteiger partial charge in [0.25, 0.3) is 0 Å². The second kappa shape index (κ2) is 6.34. The lowest BCUT2D eigenvalue weighted by atomic mass is 9.75. The number of carbonyl (C=O) groups excluding carboxylic acids is 2. The average molecular weight is 315 g/mol. The number of fused-ring (bicyclic) bond motifs is 1. The molecule has 1 fully saturated rings. The highest BCUT2D eigenvalue weighted by molar-refractivity contribution is 5.90. The van der Waals surface area contributed by atoms with Gasteiger partial charge in [0.15, 0.2) is 0 Å². The molecule has 0 saturated heterocycles. The molecule has 1 saturated carbocycles. The number of nitrogens with one attached hydrogen (secondary N) is 1. The molecular formula is C19H25NO3. The average Bonchev–Trinajstić information content (AvgIpc) is 2.54. The third-order valence-corrected chi connectivity index (χ3v) is 5.10. The third kappa shape index (κ3) is 3.26. The molecule has 1 N–H and O–H groups in total. The van der Waals surface area contributed by atoms with Gasteiger partial charge in [-0.25, -0.2) is 0 Å². The fraction of sp³-hybridized carbons (Fsp3) is 0.579. The molecule has 0 radical (unpaired) electrons. The molecule has 1 aliphatic heterocycles. The van der Waals surface area contributed by atoms with Crippen LogP contribution in [0.1, 0.15) is 69.5 Å². The fourth-order valence-electron chi connectivity index (χ4n) is 3.65. The first-order valence-electron chi connectivity index (χ1n) is 8.58. The Balaban J connectivity index is 1.72. The SMILES string of the molecule is CC1(C)C(=O)NC(CC(=O)OC2CCCCC2)c2ccccc21. The van der Waals surface area contributed by atoms with E-state index in [2.05, 4.69) is 5.32 Å². The van der Waals surface area contributed by atoms with Gasteiger partial charge in [0.2, 0.25) is 5.91 Å². The minimum atomic E-state index is -0.569. The summed E-state index contributed by atoms with van der Waals surface area (Å²) in [6.45, 7) is 3.83. The minimum absolute atomic E-state index is 0.0355. The summed E-state index contributed by atoms with van der Waals surface area (Å²) in [5.74, 6) is -0.247. The van der Waals surface area contributed by atoms with Crippen LogP contribution in [0, 0.1) is 0 Å². The highest BCUT2D eigenvalue weighted by Crippen LogP contribution is 2.36. The summed E-state index contributed by atoms with van der Waals surface area (Å²) in [5, 5.41) is 2.99. The first-order chi connectivity index (χ1) is 11.0. The largest absolute Gasteiger partial charge is 0.462 e. The van der Waals surface area contributed by atoms with Gasteiger partial charge in [-0.2, -0.15) is 0 Å². The van der Waals surface area contributed by atoms with Crippen molar-refractivity contribution < 1.29 is 14.3 Å².